The third-order valence-electron chi connectivity index (χ3n) is 1.40. The summed E-state index contributed by atoms with van der Waals surface area (Å²) in [6, 6.07) is 0. The Hall–Kier alpha value is -0.860. The summed E-state index contributed by atoms with van der Waals surface area (Å²) in [6.07, 6.45) is 5.12. The lowest BCUT2D eigenvalue weighted by atomic mass is 10.7. The van der Waals surface area contributed by atoms with Crippen molar-refractivity contribution >= 4 is 40.7 Å². The van der Waals surface area contributed by atoms with Crippen LogP contribution in [0.15, 0.2) is 26.1 Å². The van der Waals surface area contributed by atoms with E-state index in [-0.39, 0.29) is 0 Å². The molecule has 0 fully saturated rings. The minimum atomic E-state index is 0.418. The molecular weight excluding hydrogens is 250 g/mol. The van der Waals surface area contributed by atoms with Crippen LogP contribution in [0.1, 0.15) is 0 Å². The van der Waals surface area contributed by atoms with Crippen molar-refractivity contribution in [2.45, 2.75) is 13.7 Å². The van der Waals surface area contributed by atoms with E-state index in [9.17, 15) is 0 Å². The van der Waals surface area contributed by atoms with E-state index in [1.807, 2.05) is 6.26 Å². The number of anilines is 1. The molecule has 5 nitrogen and oxygen atoms in total. The lowest BCUT2D eigenvalue weighted by Crippen LogP contribution is -1.91. The number of aromatic nitrogens is 4. The van der Waals surface area contributed by atoms with Crippen molar-refractivity contribution in [3.63, 3.8) is 0 Å². The maximum Gasteiger partial charge on any atom is 0.181 e. The van der Waals surface area contributed by atoms with Gasteiger partial charge in [-0.2, -0.15) is 0 Å². The molecule has 0 radical (unpaired) electrons. The summed E-state index contributed by atoms with van der Waals surface area (Å²) in [6.45, 7) is 0. The van der Waals surface area contributed by atoms with Crippen LogP contribution in [-0.4, -0.2) is 26.4 Å². The van der Waals surface area contributed by atoms with E-state index in [0.29, 0.717) is 5.82 Å². The molecule has 0 unspecified atom stereocenters. The topological polar surface area (TPSA) is 77.6 Å². The normalized spacial score (nSPS) is 10.5. The molecular formula is C7H7N5S3. The van der Waals surface area contributed by atoms with Gasteiger partial charge in [-0.25, -0.2) is 9.97 Å². The molecule has 0 saturated carbocycles. The van der Waals surface area contributed by atoms with Gasteiger partial charge in [-0.15, -0.1) is 10.2 Å². The van der Waals surface area contributed by atoms with Crippen LogP contribution in [0.25, 0.3) is 0 Å². The zero-order chi connectivity index (χ0) is 10.7. The number of thioether (sulfide) groups is 1. The number of hydrogen-bond donors (Lipinski definition) is 1. The van der Waals surface area contributed by atoms with Crippen molar-refractivity contribution in [1.29, 1.82) is 0 Å². The highest BCUT2D eigenvalue weighted by Gasteiger charge is 2.06. The Bertz CT molecular complexity index is 440. The van der Waals surface area contributed by atoms with Crippen LogP contribution in [0.5, 0.6) is 0 Å². The molecule has 0 aliphatic carbocycles. The Balaban J connectivity index is 2.11. The molecule has 0 atom stereocenters. The van der Waals surface area contributed by atoms with Gasteiger partial charge in [0.1, 0.15) is 10.8 Å². The highest BCUT2D eigenvalue weighted by atomic mass is 32.2. The van der Waals surface area contributed by atoms with Crippen molar-refractivity contribution < 1.29 is 0 Å². The van der Waals surface area contributed by atoms with Gasteiger partial charge in [-0.05, 0) is 18.0 Å². The van der Waals surface area contributed by atoms with Gasteiger partial charge in [0, 0.05) is 0 Å². The molecule has 0 bridgehead atoms. The number of nitrogens with two attached hydrogens (primary N) is 1. The fourth-order valence-electron chi connectivity index (χ4n) is 0.789. The zero-order valence-electron chi connectivity index (χ0n) is 7.75. The van der Waals surface area contributed by atoms with Crippen LogP contribution in [0, 0.1) is 0 Å². The summed E-state index contributed by atoms with van der Waals surface area (Å²) in [7, 11) is 0. The maximum atomic E-state index is 5.43. The average Bonchev–Trinajstić information content (AvgIpc) is 2.69. The number of nitrogen functional groups attached to an aromatic ring is 1. The molecule has 0 aromatic carbocycles. The van der Waals surface area contributed by atoms with Crippen molar-refractivity contribution in [1.82, 2.24) is 20.2 Å². The molecule has 2 aromatic rings. The van der Waals surface area contributed by atoms with Crippen molar-refractivity contribution in [2.75, 3.05) is 12.0 Å². The van der Waals surface area contributed by atoms with E-state index in [0.717, 1.165) is 13.7 Å². The first-order valence-electron chi connectivity index (χ1n) is 3.91. The predicted molar refractivity (Wildman–Crippen MR) is 62.3 cm³/mol. The van der Waals surface area contributed by atoms with E-state index < -0.39 is 0 Å². The van der Waals surface area contributed by atoms with E-state index in [1.165, 1.54) is 29.3 Å². The Morgan fingerprint density at radius 1 is 1.20 bits per heavy atom. The predicted octanol–water partition coefficient (Wildman–Crippen LogP) is 1.78. The first-order valence-corrected chi connectivity index (χ1v) is 6.76. The van der Waals surface area contributed by atoms with Gasteiger partial charge in [0.25, 0.3) is 0 Å². The summed E-state index contributed by atoms with van der Waals surface area (Å²) in [4.78, 5) is 8.06. The minimum absolute atomic E-state index is 0.418. The minimum Gasteiger partial charge on any atom is -0.382 e. The van der Waals surface area contributed by atoms with Crippen LogP contribution in [-0.2, 0) is 0 Å². The molecule has 15 heavy (non-hydrogen) atoms. The molecule has 2 N–H and O–H groups in total. The number of hydrogen-bond acceptors (Lipinski definition) is 8. The molecule has 0 saturated heterocycles. The molecule has 2 rings (SSSR count). The van der Waals surface area contributed by atoms with Crippen LogP contribution in [0.2, 0.25) is 0 Å². The van der Waals surface area contributed by atoms with Gasteiger partial charge in [0.2, 0.25) is 0 Å². The zero-order valence-corrected chi connectivity index (χ0v) is 10.2. The van der Waals surface area contributed by atoms with E-state index in [2.05, 4.69) is 20.2 Å². The van der Waals surface area contributed by atoms with Gasteiger partial charge in [0.05, 0.1) is 12.4 Å². The molecule has 0 aliphatic heterocycles. The molecule has 0 amide bonds. The van der Waals surface area contributed by atoms with Crippen molar-refractivity contribution in [3.8, 4) is 0 Å². The first kappa shape index (κ1) is 10.7. The lowest BCUT2D eigenvalue weighted by molar-refractivity contribution is 0.952. The quantitative estimate of drug-likeness (QED) is 0.840. The highest BCUT2D eigenvalue weighted by Crippen LogP contribution is 2.31. The lowest BCUT2D eigenvalue weighted by Gasteiger charge is -1.94. The standard InChI is InChI=1S/C7H7N5S3/c1-13-6-11-12-7(15-6)14-5-3-9-4(8)2-10-5/h2-3H,1H3,(H2,8,9). The highest BCUT2D eigenvalue weighted by molar-refractivity contribution is 8.02. The third-order valence-corrected chi connectivity index (χ3v) is 4.27. The summed E-state index contributed by atoms with van der Waals surface area (Å²) in [5.74, 6) is 0.418. The average molecular weight is 257 g/mol. The second-order valence-electron chi connectivity index (χ2n) is 2.42. The SMILES string of the molecule is CSc1nnc(Sc2cnc(N)cn2)s1. The van der Waals surface area contributed by atoms with Gasteiger partial charge in [0.15, 0.2) is 8.68 Å². The Morgan fingerprint density at radius 2 is 2.00 bits per heavy atom. The van der Waals surface area contributed by atoms with Crippen LogP contribution in [0.3, 0.4) is 0 Å². The van der Waals surface area contributed by atoms with Gasteiger partial charge >= 0.3 is 0 Å². The van der Waals surface area contributed by atoms with Gasteiger partial charge in [-0.1, -0.05) is 23.1 Å². The molecule has 2 aromatic heterocycles. The van der Waals surface area contributed by atoms with Crippen LogP contribution in [0.4, 0.5) is 5.82 Å². The van der Waals surface area contributed by atoms with Crippen LogP contribution >= 0.6 is 34.9 Å². The maximum absolute atomic E-state index is 5.43. The Labute approximate surface area is 98.9 Å². The third kappa shape index (κ3) is 2.80. The Morgan fingerprint density at radius 3 is 2.60 bits per heavy atom. The van der Waals surface area contributed by atoms with Crippen molar-refractivity contribution in [2.24, 2.45) is 0 Å². The summed E-state index contributed by atoms with van der Waals surface area (Å²) >= 11 is 4.55. The van der Waals surface area contributed by atoms with Crippen molar-refractivity contribution in [3.05, 3.63) is 12.4 Å². The summed E-state index contributed by atoms with van der Waals surface area (Å²) in [5.41, 5.74) is 5.43. The van der Waals surface area contributed by atoms with Gasteiger partial charge in [-0.3, -0.25) is 0 Å². The smallest absolute Gasteiger partial charge is 0.181 e. The second kappa shape index (κ2) is 4.77. The molecule has 2 heterocycles. The number of rotatable bonds is 3. The summed E-state index contributed by atoms with van der Waals surface area (Å²) < 4.78 is 1.80. The first-order chi connectivity index (χ1) is 7.28. The monoisotopic (exact) mass is 257 g/mol. The van der Waals surface area contributed by atoms with Crippen LogP contribution < -0.4 is 5.73 Å². The summed E-state index contributed by atoms with van der Waals surface area (Å²) in [5, 5.41) is 8.77. The molecule has 78 valence electrons. The largest absolute Gasteiger partial charge is 0.382 e. The fourth-order valence-corrected chi connectivity index (χ4v) is 3.08. The fraction of sp³-hybridized carbons (Fsp3) is 0.143. The second-order valence-corrected chi connectivity index (χ2v) is 5.72. The molecule has 0 aliphatic rings. The van der Waals surface area contributed by atoms with E-state index in [4.69, 9.17) is 5.73 Å². The van der Waals surface area contributed by atoms with E-state index >= 15 is 0 Å². The Kier molecular flexibility index (Phi) is 3.39. The molecule has 8 heteroatoms. The number of nitrogens with zero attached hydrogens (tertiary/aromatic N) is 4. The van der Waals surface area contributed by atoms with E-state index in [1.54, 1.807) is 18.0 Å². The van der Waals surface area contributed by atoms with Gasteiger partial charge < -0.3 is 5.73 Å². The molecule has 0 spiro atoms.